The van der Waals surface area contributed by atoms with Crippen molar-refractivity contribution >= 4 is 21.8 Å². The molecule has 0 aromatic heterocycles. The Kier molecular flexibility index (Phi) is 4.74. The van der Waals surface area contributed by atoms with E-state index in [0.29, 0.717) is 18.7 Å². The molecule has 1 aromatic carbocycles. The Bertz CT molecular complexity index is 431. The van der Waals surface area contributed by atoms with Crippen LogP contribution >= 0.6 is 15.9 Å². The second-order valence-electron chi connectivity index (χ2n) is 4.37. The quantitative estimate of drug-likeness (QED) is 0.889. The van der Waals surface area contributed by atoms with Gasteiger partial charge in [0.1, 0.15) is 0 Å². The number of aryl methyl sites for hydroxylation is 1. The van der Waals surface area contributed by atoms with E-state index in [-0.39, 0.29) is 12.0 Å². The number of hydrogen-bond acceptors (Lipinski definition) is 3. The summed E-state index contributed by atoms with van der Waals surface area (Å²) < 4.78 is 6.51. The van der Waals surface area contributed by atoms with E-state index >= 15 is 0 Å². The molecule has 1 heterocycles. The molecule has 4 nitrogen and oxygen atoms in total. The molecule has 18 heavy (non-hydrogen) atoms. The van der Waals surface area contributed by atoms with E-state index in [9.17, 15) is 4.79 Å². The molecule has 1 unspecified atom stereocenters. The van der Waals surface area contributed by atoms with E-state index < -0.39 is 0 Å². The Balaban J connectivity index is 1.90. The van der Waals surface area contributed by atoms with Crippen LogP contribution < -0.4 is 10.6 Å². The molecule has 1 aromatic rings. The molecule has 1 amide bonds. The third kappa shape index (κ3) is 3.54. The van der Waals surface area contributed by atoms with Crippen LogP contribution in [-0.2, 0) is 4.74 Å². The van der Waals surface area contributed by atoms with Crippen molar-refractivity contribution in [1.29, 1.82) is 0 Å². The zero-order valence-corrected chi connectivity index (χ0v) is 11.9. The average molecular weight is 313 g/mol. The number of carbonyl (C=O) groups is 1. The van der Waals surface area contributed by atoms with Gasteiger partial charge in [0.2, 0.25) is 0 Å². The minimum atomic E-state index is -0.0471. The summed E-state index contributed by atoms with van der Waals surface area (Å²) in [6, 6.07) is 5.64. The van der Waals surface area contributed by atoms with Gasteiger partial charge >= 0.3 is 0 Å². The third-order valence-electron chi connectivity index (χ3n) is 2.93. The van der Waals surface area contributed by atoms with Crippen molar-refractivity contribution in [3.63, 3.8) is 0 Å². The first-order chi connectivity index (χ1) is 8.66. The molecule has 0 bridgehead atoms. The van der Waals surface area contributed by atoms with Crippen LogP contribution in [0.2, 0.25) is 0 Å². The maximum atomic E-state index is 12.0. The van der Waals surface area contributed by atoms with Gasteiger partial charge in [0.05, 0.1) is 12.7 Å². The molecule has 0 saturated carbocycles. The molecule has 1 fully saturated rings. The van der Waals surface area contributed by atoms with E-state index in [1.54, 1.807) is 0 Å². The predicted molar refractivity (Wildman–Crippen MR) is 73.8 cm³/mol. The molecule has 2 rings (SSSR count). The van der Waals surface area contributed by atoms with Crippen LogP contribution in [0.5, 0.6) is 0 Å². The highest BCUT2D eigenvalue weighted by atomic mass is 79.9. The standard InChI is InChI=1S/C13H17BrN2O2/c1-9-6-10(14)2-3-12(9)13(17)16-8-11-7-15-4-5-18-11/h2-3,6,11,15H,4-5,7-8H2,1H3,(H,16,17). The predicted octanol–water partition coefficient (Wildman–Crippen LogP) is 1.48. The number of halogens is 1. The summed E-state index contributed by atoms with van der Waals surface area (Å²) in [7, 11) is 0. The first kappa shape index (κ1) is 13.5. The highest BCUT2D eigenvalue weighted by Crippen LogP contribution is 2.15. The molecule has 1 saturated heterocycles. The van der Waals surface area contributed by atoms with E-state index in [1.807, 2.05) is 25.1 Å². The van der Waals surface area contributed by atoms with Crippen molar-refractivity contribution in [2.24, 2.45) is 0 Å². The van der Waals surface area contributed by atoms with Crippen LogP contribution in [0.4, 0.5) is 0 Å². The molecule has 0 spiro atoms. The van der Waals surface area contributed by atoms with Gasteiger partial charge in [-0.3, -0.25) is 4.79 Å². The minimum Gasteiger partial charge on any atom is -0.374 e. The summed E-state index contributed by atoms with van der Waals surface area (Å²) >= 11 is 3.39. The van der Waals surface area contributed by atoms with Crippen molar-refractivity contribution in [1.82, 2.24) is 10.6 Å². The first-order valence-electron chi connectivity index (χ1n) is 6.03. The lowest BCUT2D eigenvalue weighted by Gasteiger charge is -2.23. The fourth-order valence-corrected chi connectivity index (χ4v) is 2.41. The largest absolute Gasteiger partial charge is 0.374 e. The molecule has 5 heteroatoms. The number of benzene rings is 1. The van der Waals surface area contributed by atoms with Gasteiger partial charge in [0, 0.05) is 29.7 Å². The van der Waals surface area contributed by atoms with Gasteiger partial charge in [-0.05, 0) is 30.7 Å². The van der Waals surface area contributed by atoms with E-state index in [0.717, 1.165) is 23.1 Å². The molecule has 98 valence electrons. The number of nitrogens with one attached hydrogen (secondary N) is 2. The Morgan fingerprint density at radius 3 is 3.11 bits per heavy atom. The van der Waals surface area contributed by atoms with Gasteiger partial charge in [-0.2, -0.15) is 0 Å². The summed E-state index contributed by atoms with van der Waals surface area (Å²) in [5.41, 5.74) is 1.67. The normalized spacial score (nSPS) is 19.6. The minimum absolute atomic E-state index is 0.0471. The summed E-state index contributed by atoms with van der Waals surface area (Å²) in [5, 5.41) is 6.14. The lowest BCUT2D eigenvalue weighted by Crippen LogP contribution is -2.45. The van der Waals surface area contributed by atoms with Crippen LogP contribution in [0.15, 0.2) is 22.7 Å². The van der Waals surface area contributed by atoms with Crippen molar-refractivity contribution in [3.05, 3.63) is 33.8 Å². The zero-order chi connectivity index (χ0) is 13.0. The molecule has 1 atom stereocenters. The SMILES string of the molecule is Cc1cc(Br)ccc1C(=O)NCC1CNCCO1. The van der Waals surface area contributed by atoms with E-state index in [4.69, 9.17) is 4.74 Å². The van der Waals surface area contributed by atoms with Crippen molar-refractivity contribution in [2.45, 2.75) is 13.0 Å². The van der Waals surface area contributed by atoms with Crippen molar-refractivity contribution in [2.75, 3.05) is 26.2 Å². The number of carbonyl (C=O) groups excluding carboxylic acids is 1. The molecule has 1 aliphatic heterocycles. The summed E-state index contributed by atoms with van der Waals surface area (Å²) in [5.74, 6) is -0.0471. The Morgan fingerprint density at radius 2 is 2.44 bits per heavy atom. The topological polar surface area (TPSA) is 50.4 Å². The van der Waals surface area contributed by atoms with E-state index in [1.165, 1.54) is 0 Å². The van der Waals surface area contributed by atoms with Crippen LogP contribution in [-0.4, -0.2) is 38.3 Å². The first-order valence-corrected chi connectivity index (χ1v) is 6.83. The number of amides is 1. The van der Waals surface area contributed by atoms with Gasteiger partial charge in [-0.1, -0.05) is 15.9 Å². The third-order valence-corrected chi connectivity index (χ3v) is 3.42. The smallest absolute Gasteiger partial charge is 0.251 e. The number of rotatable bonds is 3. The number of ether oxygens (including phenoxy) is 1. The molecule has 2 N–H and O–H groups in total. The number of morpholine rings is 1. The summed E-state index contributed by atoms with van der Waals surface area (Å²) in [4.78, 5) is 12.0. The fraction of sp³-hybridized carbons (Fsp3) is 0.462. The van der Waals surface area contributed by atoms with E-state index in [2.05, 4.69) is 26.6 Å². The monoisotopic (exact) mass is 312 g/mol. The Morgan fingerprint density at radius 1 is 1.61 bits per heavy atom. The van der Waals surface area contributed by atoms with Gasteiger partial charge in [-0.25, -0.2) is 0 Å². The molecular formula is C13H17BrN2O2. The van der Waals surface area contributed by atoms with Gasteiger partial charge in [-0.15, -0.1) is 0 Å². The van der Waals surface area contributed by atoms with Crippen LogP contribution in [0.1, 0.15) is 15.9 Å². The summed E-state index contributed by atoms with van der Waals surface area (Å²) in [6.07, 6.45) is 0.0680. The number of hydrogen-bond donors (Lipinski definition) is 2. The second-order valence-corrected chi connectivity index (χ2v) is 5.28. The molecular weight excluding hydrogens is 296 g/mol. The molecule has 0 aliphatic carbocycles. The molecule has 1 aliphatic rings. The summed E-state index contributed by atoms with van der Waals surface area (Å²) in [6.45, 7) is 4.85. The Labute approximate surface area is 115 Å². The molecule has 0 radical (unpaired) electrons. The van der Waals surface area contributed by atoms with Gasteiger partial charge in [0.25, 0.3) is 5.91 Å². The lowest BCUT2D eigenvalue weighted by molar-refractivity contribution is 0.0287. The van der Waals surface area contributed by atoms with Crippen molar-refractivity contribution < 1.29 is 9.53 Å². The van der Waals surface area contributed by atoms with Crippen molar-refractivity contribution in [3.8, 4) is 0 Å². The highest BCUT2D eigenvalue weighted by molar-refractivity contribution is 9.10. The average Bonchev–Trinajstić information content (AvgIpc) is 2.37. The zero-order valence-electron chi connectivity index (χ0n) is 10.3. The Hall–Kier alpha value is -0.910. The maximum Gasteiger partial charge on any atom is 0.251 e. The van der Waals surface area contributed by atoms with Crippen LogP contribution in [0.3, 0.4) is 0 Å². The van der Waals surface area contributed by atoms with Crippen LogP contribution in [0, 0.1) is 6.92 Å². The maximum absolute atomic E-state index is 12.0. The highest BCUT2D eigenvalue weighted by Gasteiger charge is 2.15. The van der Waals surface area contributed by atoms with Gasteiger partial charge in [0.15, 0.2) is 0 Å². The van der Waals surface area contributed by atoms with Crippen LogP contribution in [0.25, 0.3) is 0 Å². The second kappa shape index (κ2) is 6.31. The lowest BCUT2D eigenvalue weighted by atomic mass is 10.1. The van der Waals surface area contributed by atoms with Gasteiger partial charge < -0.3 is 15.4 Å². The fourth-order valence-electron chi connectivity index (χ4n) is 1.93.